The number of aryl methyl sites for hydroxylation is 2. The molecule has 0 atom stereocenters. The summed E-state index contributed by atoms with van der Waals surface area (Å²) >= 11 is 8.24. The molecule has 0 spiro atoms. The maximum Gasteiger partial charge on any atom is 0.174 e. The Morgan fingerprint density at radius 2 is 1.61 bits per heavy atom. The minimum absolute atomic E-state index is 0.223. The molecule has 1 aromatic rings. The van der Waals surface area contributed by atoms with Crippen molar-refractivity contribution in [2.75, 3.05) is 37.0 Å². The van der Waals surface area contributed by atoms with Crippen molar-refractivity contribution in [3.8, 4) is 0 Å². The van der Waals surface area contributed by atoms with Gasteiger partial charge in [-0.1, -0.05) is 91.1 Å². The quantitative estimate of drug-likeness (QED) is 0.104. The molecule has 264 valence electrons. The van der Waals surface area contributed by atoms with Crippen LogP contribution in [0.3, 0.4) is 0 Å². The minimum Gasteiger partial charge on any atom is -0.402 e. The molecule has 5 N–H and O–H groups in total. The number of allylic oxidation sites excluding steroid dienone is 2. The average Bonchev–Trinajstić information content (AvgIpc) is 3.53. The van der Waals surface area contributed by atoms with E-state index in [1.54, 1.807) is 26.0 Å². The Labute approximate surface area is 293 Å². The molecule has 8 heteroatoms. The van der Waals surface area contributed by atoms with Gasteiger partial charge in [0, 0.05) is 11.4 Å². The molecule has 0 aliphatic carbocycles. The fourth-order valence-electron chi connectivity index (χ4n) is 4.96. The van der Waals surface area contributed by atoms with Gasteiger partial charge in [0.1, 0.15) is 11.7 Å². The zero-order valence-electron chi connectivity index (χ0n) is 31.4. The van der Waals surface area contributed by atoms with E-state index < -0.39 is 0 Å². The number of amidine groups is 2. The molecule has 0 unspecified atom stereocenters. The van der Waals surface area contributed by atoms with Gasteiger partial charge >= 0.3 is 0 Å². The molecule has 0 aromatic heterocycles. The summed E-state index contributed by atoms with van der Waals surface area (Å²) in [5, 5.41) is 3.66. The number of halogens is 1. The summed E-state index contributed by atoms with van der Waals surface area (Å²) in [6.45, 7) is 28.6. The predicted molar refractivity (Wildman–Crippen MR) is 214 cm³/mol. The molecular weight excluding hydrogens is 608 g/mol. The van der Waals surface area contributed by atoms with Crippen molar-refractivity contribution in [1.29, 1.82) is 0 Å². The molecular formula is C38H69ClN6S. The van der Waals surface area contributed by atoms with Gasteiger partial charge in [-0.05, 0) is 126 Å². The highest BCUT2D eigenvalue weighted by Gasteiger charge is 2.15. The molecule has 1 heterocycles. The van der Waals surface area contributed by atoms with Crippen LogP contribution in [0.4, 0.5) is 5.69 Å². The molecule has 6 nitrogen and oxygen atoms in total. The molecule has 2 rings (SSSR count). The van der Waals surface area contributed by atoms with E-state index in [4.69, 9.17) is 23.1 Å². The van der Waals surface area contributed by atoms with Crippen LogP contribution in [0.15, 0.2) is 57.4 Å². The SMILES string of the molecule is C=C(/N=C(/N=C(N)/C=C(/C)N)C(\Cl)=C/C)Nc1cc(C)c(C(CCC)CCC)cc1C.CC.CCC.CSCCCN1CCCC1. The normalized spacial score (nSPS) is 14.1. The maximum absolute atomic E-state index is 6.28. The van der Waals surface area contributed by atoms with E-state index >= 15 is 0 Å². The van der Waals surface area contributed by atoms with Gasteiger partial charge in [-0.2, -0.15) is 11.8 Å². The van der Waals surface area contributed by atoms with Crippen LogP contribution in [0.25, 0.3) is 0 Å². The first-order chi connectivity index (χ1) is 22.0. The first-order valence-corrected chi connectivity index (χ1v) is 19.2. The van der Waals surface area contributed by atoms with E-state index in [0.717, 1.165) is 11.3 Å². The number of aliphatic imine (C=N–C) groups is 2. The van der Waals surface area contributed by atoms with E-state index in [0.29, 0.717) is 22.5 Å². The fourth-order valence-corrected chi connectivity index (χ4v) is 5.47. The van der Waals surface area contributed by atoms with E-state index in [1.807, 2.05) is 25.6 Å². The molecule has 1 aromatic carbocycles. The van der Waals surface area contributed by atoms with Crippen molar-refractivity contribution >= 4 is 40.7 Å². The largest absolute Gasteiger partial charge is 0.402 e. The molecule has 0 amide bonds. The van der Waals surface area contributed by atoms with Crippen LogP contribution in [0.1, 0.15) is 129 Å². The smallest absolute Gasteiger partial charge is 0.174 e. The standard InChI is InChI=1S/C25H38ClN5.C8H17NS.C3H8.C2H6/c1-8-11-20(12-9-2)21-13-17(5)23(14-16(21)4)29-19(7)30-25(22(26)10-3)31-24(28)15-18(6)27;1-10-8-4-7-9-5-2-3-6-9;1-3-2;1-2/h10,13-15,20,29H,7-9,11-12,27H2,1-6H3,(H2,28,30,31);2-8H2,1H3;3H2,1-2H3;1-2H3/b18-15-,22-10+;;;. The average molecular weight is 678 g/mol. The molecule has 46 heavy (non-hydrogen) atoms. The molecule has 1 fully saturated rings. The highest BCUT2D eigenvalue weighted by atomic mass is 35.5. The summed E-state index contributed by atoms with van der Waals surface area (Å²) in [7, 11) is 0. The number of hydrogen-bond donors (Lipinski definition) is 3. The second kappa shape index (κ2) is 29.0. The van der Waals surface area contributed by atoms with Crippen LogP contribution in [-0.4, -0.2) is 48.2 Å². The van der Waals surface area contributed by atoms with Crippen LogP contribution < -0.4 is 16.8 Å². The number of nitrogens with two attached hydrogens (primary N) is 2. The van der Waals surface area contributed by atoms with Gasteiger partial charge in [-0.3, -0.25) is 0 Å². The second-order valence-electron chi connectivity index (χ2n) is 11.5. The van der Waals surface area contributed by atoms with Crippen molar-refractivity contribution < 1.29 is 0 Å². The van der Waals surface area contributed by atoms with Gasteiger partial charge in [-0.25, -0.2) is 9.98 Å². The van der Waals surface area contributed by atoms with Gasteiger partial charge in [0.2, 0.25) is 0 Å². The number of thioether (sulfide) groups is 1. The first kappa shape index (κ1) is 45.9. The Kier molecular flexibility index (Phi) is 28.9. The Morgan fingerprint density at radius 1 is 1.04 bits per heavy atom. The lowest BCUT2D eigenvalue weighted by Gasteiger charge is -2.21. The zero-order valence-corrected chi connectivity index (χ0v) is 32.9. The summed E-state index contributed by atoms with van der Waals surface area (Å²) in [5.41, 5.74) is 16.9. The number of likely N-dealkylation sites (tertiary alicyclic amines) is 1. The van der Waals surface area contributed by atoms with Crippen LogP contribution >= 0.6 is 23.4 Å². The number of rotatable bonds is 14. The van der Waals surface area contributed by atoms with Crippen LogP contribution in [-0.2, 0) is 0 Å². The lowest BCUT2D eigenvalue weighted by atomic mass is 9.86. The van der Waals surface area contributed by atoms with E-state index in [-0.39, 0.29) is 11.7 Å². The van der Waals surface area contributed by atoms with Gasteiger partial charge in [0.15, 0.2) is 5.84 Å². The number of hydrogen-bond acceptors (Lipinski definition) is 5. The van der Waals surface area contributed by atoms with E-state index in [9.17, 15) is 0 Å². The summed E-state index contributed by atoms with van der Waals surface area (Å²) in [4.78, 5) is 11.3. The third-order valence-corrected chi connectivity index (χ3v) is 8.03. The van der Waals surface area contributed by atoms with Gasteiger partial charge in [-0.15, -0.1) is 0 Å². The number of anilines is 1. The third kappa shape index (κ3) is 20.8. The van der Waals surface area contributed by atoms with Crippen LogP contribution in [0, 0.1) is 13.8 Å². The lowest BCUT2D eigenvalue weighted by Crippen LogP contribution is -2.20. The number of nitrogens with zero attached hydrogens (tertiary/aromatic N) is 3. The minimum atomic E-state index is 0.223. The van der Waals surface area contributed by atoms with E-state index in [2.05, 4.69) is 86.7 Å². The molecule has 1 aliphatic rings. The predicted octanol–water partition coefficient (Wildman–Crippen LogP) is 10.9. The molecule has 0 bridgehead atoms. The molecule has 0 saturated carbocycles. The number of benzene rings is 1. The monoisotopic (exact) mass is 676 g/mol. The first-order valence-electron chi connectivity index (χ1n) is 17.4. The maximum atomic E-state index is 6.28. The van der Waals surface area contributed by atoms with Crippen LogP contribution in [0.5, 0.6) is 0 Å². The summed E-state index contributed by atoms with van der Waals surface area (Å²) < 4.78 is 0. The topological polar surface area (TPSA) is 92.0 Å². The highest BCUT2D eigenvalue weighted by Crippen LogP contribution is 2.32. The number of nitrogens with one attached hydrogen (secondary N) is 1. The van der Waals surface area contributed by atoms with E-state index in [1.165, 1.54) is 87.9 Å². The third-order valence-electron chi connectivity index (χ3n) is 6.95. The van der Waals surface area contributed by atoms with Gasteiger partial charge in [0.05, 0.1) is 5.03 Å². The summed E-state index contributed by atoms with van der Waals surface area (Å²) in [6, 6.07) is 4.45. The van der Waals surface area contributed by atoms with Crippen molar-refractivity contribution in [2.45, 2.75) is 127 Å². The Bertz CT molecular complexity index is 1080. The summed E-state index contributed by atoms with van der Waals surface area (Å²) in [5.74, 6) is 2.85. The summed E-state index contributed by atoms with van der Waals surface area (Å²) in [6.07, 6.45) is 15.7. The van der Waals surface area contributed by atoms with Crippen molar-refractivity contribution in [3.05, 3.63) is 64.1 Å². The Hall–Kier alpha value is -2.22. The zero-order chi connectivity index (χ0) is 35.5. The van der Waals surface area contributed by atoms with Gasteiger partial charge in [0.25, 0.3) is 0 Å². The van der Waals surface area contributed by atoms with Crippen molar-refractivity contribution in [3.63, 3.8) is 0 Å². The van der Waals surface area contributed by atoms with Gasteiger partial charge < -0.3 is 21.7 Å². The molecule has 1 saturated heterocycles. The molecule has 0 radical (unpaired) electrons. The van der Waals surface area contributed by atoms with Crippen molar-refractivity contribution in [2.24, 2.45) is 21.5 Å². The fraction of sp³-hybridized carbons (Fsp3) is 0.632. The van der Waals surface area contributed by atoms with Crippen molar-refractivity contribution in [1.82, 2.24) is 4.90 Å². The van der Waals surface area contributed by atoms with Crippen LogP contribution in [0.2, 0.25) is 0 Å². The second-order valence-corrected chi connectivity index (χ2v) is 12.9. The Balaban J connectivity index is 0. The Morgan fingerprint density at radius 3 is 2.09 bits per heavy atom. The molecule has 1 aliphatic heterocycles. The lowest BCUT2D eigenvalue weighted by molar-refractivity contribution is 0.341. The highest BCUT2D eigenvalue weighted by molar-refractivity contribution is 7.98.